The fraction of sp³-hybridized carbons (Fsp3) is 0.333. The van der Waals surface area contributed by atoms with E-state index in [0.29, 0.717) is 0 Å². The van der Waals surface area contributed by atoms with E-state index in [1.807, 2.05) is 0 Å². The molecule has 0 aliphatic rings. The highest BCUT2D eigenvalue weighted by atomic mass is 32.1. The summed E-state index contributed by atoms with van der Waals surface area (Å²) >= 11 is 1.69. The van der Waals surface area contributed by atoms with Gasteiger partial charge in [0.2, 0.25) is 0 Å². The maximum Gasteiger partial charge on any atom is 0.0559 e. The van der Waals surface area contributed by atoms with E-state index in [-0.39, 0.29) is 11.5 Å². The molecule has 0 spiro atoms. The van der Waals surface area contributed by atoms with Crippen LogP contribution in [0.5, 0.6) is 0 Å². The number of hydrogen-bond donors (Lipinski definition) is 1. The number of thiophene rings is 1. The summed E-state index contributed by atoms with van der Waals surface area (Å²) in [7, 11) is 0. The summed E-state index contributed by atoms with van der Waals surface area (Å²) < 4.78 is 0. The summed E-state index contributed by atoms with van der Waals surface area (Å²) in [6, 6.07) is 10.7. The van der Waals surface area contributed by atoms with Crippen LogP contribution in [-0.2, 0) is 5.41 Å². The second-order valence-electron chi connectivity index (χ2n) is 5.41. The molecule has 0 bridgehead atoms. The van der Waals surface area contributed by atoms with Gasteiger partial charge in [-0.05, 0) is 38.9 Å². The summed E-state index contributed by atoms with van der Waals surface area (Å²) in [4.78, 5) is 0. The van der Waals surface area contributed by atoms with E-state index in [0.717, 1.165) is 0 Å². The van der Waals surface area contributed by atoms with Crippen LogP contribution in [0.15, 0.2) is 41.1 Å². The molecule has 17 heavy (non-hydrogen) atoms. The van der Waals surface area contributed by atoms with Crippen LogP contribution < -0.4 is 5.73 Å². The molecule has 0 unspecified atom stereocenters. The number of nitrogens with two attached hydrogens (primary N) is 1. The smallest absolute Gasteiger partial charge is 0.0559 e. The van der Waals surface area contributed by atoms with Crippen molar-refractivity contribution in [1.29, 1.82) is 0 Å². The van der Waals surface area contributed by atoms with Crippen molar-refractivity contribution in [2.45, 2.75) is 32.2 Å². The molecule has 0 fully saturated rings. The first-order valence-corrected chi connectivity index (χ1v) is 6.81. The van der Waals surface area contributed by atoms with Crippen molar-refractivity contribution in [1.82, 2.24) is 0 Å². The van der Waals surface area contributed by atoms with Gasteiger partial charge in [0.15, 0.2) is 0 Å². The zero-order valence-corrected chi connectivity index (χ0v) is 11.4. The van der Waals surface area contributed by atoms with Crippen molar-refractivity contribution in [2.24, 2.45) is 5.73 Å². The molecule has 0 saturated heterocycles. The van der Waals surface area contributed by atoms with Crippen LogP contribution in [0.4, 0.5) is 0 Å². The Labute approximate surface area is 107 Å². The zero-order valence-electron chi connectivity index (χ0n) is 10.6. The van der Waals surface area contributed by atoms with Gasteiger partial charge in [0.1, 0.15) is 0 Å². The minimum Gasteiger partial charge on any atom is -0.320 e. The first-order valence-electron chi connectivity index (χ1n) is 5.86. The van der Waals surface area contributed by atoms with Crippen LogP contribution in [0, 0.1) is 0 Å². The molecule has 2 aromatic rings. The fourth-order valence-corrected chi connectivity index (χ4v) is 2.53. The quantitative estimate of drug-likeness (QED) is 0.847. The molecule has 0 radical (unpaired) electrons. The molecule has 0 saturated carbocycles. The molecule has 2 rings (SSSR count). The van der Waals surface area contributed by atoms with Gasteiger partial charge >= 0.3 is 0 Å². The van der Waals surface area contributed by atoms with Crippen LogP contribution in [0.2, 0.25) is 0 Å². The lowest BCUT2D eigenvalue weighted by Crippen LogP contribution is -2.13. The second-order valence-corrected chi connectivity index (χ2v) is 6.19. The molecule has 1 atom stereocenters. The largest absolute Gasteiger partial charge is 0.320 e. The van der Waals surface area contributed by atoms with Crippen molar-refractivity contribution in [3.63, 3.8) is 0 Å². The highest BCUT2D eigenvalue weighted by Gasteiger charge is 2.14. The van der Waals surface area contributed by atoms with Crippen molar-refractivity contribution >= 4 is 11.3 Å². The van der Waals surface area contributed by atoms with Gasteiger partial charge in [-0.2, -0.15) is 11.3 Å². The van der Waals surface area contributed by atoms with Gasteiger partial charge in [-0.15, -0.1) is 0 Å². The van der Waals surface area contributed by atoms with Crippen molar-refractivity contribution < 1.29 is 0 Å². The van der Waals surface area contributed by atoms with Gasteiger partial charge in [0.25, 0.3) is 0 Å². The molecular formula is C15H19NS. The van der Waals surface area contributed by atoms with Crippen LogP contribution in [-0.4, -0.2) is 0 Å². The fourth-order valence-electron chi connectivity index (χ4n) is 1.83. The van der Waals surface area contributed by atoms with Gasteiger partial charge < -0.3 is 5.73 Å². The van der Waals surface area contributed by atoms with E-state index < -0.39 is 0 Å². The average molecular weight is 245 g/mol. The molecule has 0 aliphatic heterocycles. The molecule has 1 aromatic heterocycles. The lowest BCUT2D eigenvalue weighted by molar-refractivity contribution is 0.589. The number of hydrogen-bond acceptors (Lipinski definition) is 2. The summed E-state index contributed by atoms with van der Waals surface area (Å²) in [5.74, 6) is 0. The third kappa shape index (κ3) is 2.76. The Bertz CT molecular complexity index is 463. The third-order valence-electron chi connectivity index (χ3n) is 3.04. The number of rotatable bonds is 2. The van der Waals surface area contributed by atoms with E-state index >= 15 is 0 Å². The maximum absolute atomic E-state index is 6.23. The third-order valence-corrected chi connectivity index (χ3v) is 3.74. The Morgan fingerprint density at radius 2 is 1.65 bits per heavy atom. The molecule has 1 aromatic carbocycles. The van der Waals surface area contributed by atoms with Crippen molar-refractivity contribution in [3.05, 3.63) is 57.8 Å². The van der Waals surface area contributed by atoms with Crippen LogP contribution in [0.3, 0.4) is 0 Å². The van der Waals surface area contributed by atoms with Crippen LogP contribution in [0.25, 0.3) is 0 Å². The van der Waals surface area contributed by atoms with E-state index in [4.69, 9.17) is 5.73 Å². The van der Waals surface area contributed by atoms with Gasteiger partial charge in [-0.25, -0.2) is 0 Å². The predicted octanol–water partition coefficient (Wildman–Crippen LogP) is 4.09. The summed E-state index contributed by atoms with van der Waals surface area (Å²) in [6.45, 7) is 6.67. The monoisotopic (exact) mass is 245 g/mol. The molecule has 0 amide bonds. The second kappa shape index (κ2) is 4.63. The van der Waals surface area contributed by atoms with E-state index in [9.17, 15) is 0 Å². The predicted molar refractivity (Wildman–Crippen MR) is 75.5 cm³/mol. The molecule has 2 N–H and O–H groups in total. The normalized spacial score (nSPS) is 13.6. The summed E-state index contributed by atoms with van der Waals surface area (Å²) in [5, 5.41) is 4.18. The first-order chi connectivity index (χ1) is 7.98. The minimum absolute atomic E-state index is 0.00438. The Morgan fingerprint density at radius 1 is 1.00 bits per heavy atom. The standard InChI is InChI=1S/C15H19NS/c1-15(2,3)13-6-4-11(5-7-13)14(16)12-8-9-17-10-12/h4-10,14H,16H2,1-3H3/t14-/m0/s1. The summed E-state index contributed by atoms with van der Waals surface area (Å²) in [5.41, 5.74) is 10.1. The molecule has 2 heteroatoms. The zero-order chi connectivity index (χ0) is 12.5. The van der Waals surface area contributed by atoms with Crippen LogP contribution in [0.1, 0.15) is 43.5 Å². The van der Waals surface area contributed by atoms with E-state index in [1.165, 1.54) is 16.7 Å². The van der Waals surface area contributed by atoms with Gasteiger partial charge in [0.05, 0.1) is 6.04 Å². The Hall–Kier alpha value is -1.12. The Balaban J connectivity index is 2.24. The highest BCUT2D eigenvalue weighted by Crippen LogP contribution is 2.26. The average Bonchev–Trinajstić information content (AvgIpc) is 2.80. The van der Waals surface area contributed by atoms with Gasteiger partial charge in [0, 0.05) is 0 Å². The topological polar surface area (TPSA) is 26.0 Å². The van der Waals surface area contributed by atoms with Gasteiger partial charge in [-0.3, -0.25) is 0 Å². The van der Waals surface area contributed by atoms with Crippen LogP contribution >= 0.6 is 11.3 Å². The van der Waals surface area contributed by atoms with Crippen molar-refractivity contribution in [2.75, 3.05) is 0 Å². The maximum atomic E-state index is 6.23. The number of benzene rings is 1. The summed E-state index contributed by atoms with van der Waals surface area (Å²) in [6.07, 6.45) is 0. The molecule has 1 heterocycles. The first kappa shape index (κ1) is 12.3. The van der Waals surface area contributed by atoms with Crippen molar-refractivity contribution in [3.8, 4) is 0 Å². The SMILES string of the molecule is CC(C)(C)c1ccc([C@H](N)c2ccsc2)cc1. The molecule has 90 valence electrons. The Kier molecular flexibility index (Phi) is 3.36. The molecular weight excluding hydrogens is 226 g/mol. The lowest BCUT2D eigenvalue weighted by atomic mass is 9.86. The minimum atomic E-state index is -0.00438. The van der Waals surface area contributed by atoms with E-state index in [2.05, 4.69) is 61.9 Å². The molecule has 1 nitrogen and oxygen atoms in total. The Morgan fingerprint density at radius 3 is 2.12 bits per heavy atom. The van der Waals surface area contributed by atoms with E-state index in [1.54, 1.807) is 11.3 Å². The van der Waals surface area contributed by atoms with Gasteiger partial charge in [-0.1, -0.05) is 45.0 Å². The lowest BCUT2D eigenvalue weighted by Gasteiger charge is -2.20. The molecule has 0 aliphatic carbocycles. The highest BCUT2D eigenvalue weighted by molar-refractivity contribution is 7.08.